The van der Waals surface area contributed by atoms with Crippen molar-refractivity contribution in [1.82, 2.24) is 0 Å². The summed E-state index contributed by atoms with van der Waals surface area (Å²) in [4.78, 5) is 1.12. The predicted octanol–water partition coefficient (Wildman–Crippen LogP) is 6.45. The van der Waals surface area contributed by atoms with Gasteiger partial charge in [-0.15, -0.1) is 8.42 Å². The molecule has 31 heavy (non-hydrogen) atoms. The molecule has 0 radical (unpaired) electrons. The number of hydrogen-bond donors (Lipinski definition) is 0. The standard InChI is InChI=1S/C22H21F3O4S2/c1-16-14-20(15-17(2)21(16)28-3)30(18-10-6-4-7-11-18,19-12-8-5-9-13-19)29-31(26,27)22(23,24)25/h4-15H,1-3H3/p+1. The number of rotatable bonds is 6. The normalized spacial score (nSPS) is 13.1. The molecule has 0 saturated heterocycles. The molecule has 4 nitrogen and oxygen atoms in total. The zero-order valence-electron chi connectivity index (χ0n) is 17.1. The fraction of sp³-hybridized carbons (Fsp3) is 0.182. The van der Waals surface area contributed by atoms with Crippen LogP contribution < -0.4 is 4.74 Å². The van der Waals surface area contributed by atoms with Crippen LogP contribution in [0.25, 0.3) is 0 Å². The Balaban J connectivity index is 2.45. The molecule has 0 spiro atoms. The molecule has 0 saturated carbocycles. The largest absolute Gasteiger partial charge is 0.572 e. The molecule has 0 heterocycles. The molecule has 3 rings (SSSR count). The maximum Gasteiger partial charge on any atom is 0.572 e. The molecular weight excluding hydrogens is 449 g/mol. The summed E-state index contributed by atoms with van der Waals surface area (Å²) in [5.41, 5.74) is -4.19. The van der Waals surface area contributed by atoms with E-state index in [-0.39, 0.29) is 0 Å². The number of halogens is 3. The van der Waals surface area contributed by atoms with Crippen LogP contribution >= 0.6 is 10.3 Å². The quantitative estimate of drug-likeness (QED) is 0.236. The van der Waals surface area contributed by atoms with Crippen molar-refractivity contribution in [2.75, 3.05) is 7.11 Å². The third-order valence-corrected chi connectivity index (χ3v) is 9.74. The minimum absolute atomic E-state index is 0.369. The lowest BCUT2D eigenvalue weighted by Crippen LogP contribution is -2.30. The minimum Gasteiger partial charge on any atom is -0.496 e. The Kier molecular flexibility index (Phi) is 6.40. The second kappa shape index (κ2) is 8.57. The predicted molar refractivity (Wildman–Crippen MR) is 115 cm³/mol. The summed E-state index contributed by atoms with van der Waals surface area (Å²) in [5.74, 6) is 0.580. The Hall–Kier alpha value is -2.49. The van der Waals surface area contributed by atoms with E-state index >= 15 is 0 Å². The molecule has 0 aliphatic carbocycles. The lowest BCUT2D eigenvalue weighted by molar-refractivity contribution is -0.0540. The summed E-state index contributed by atoms with van der Waals surface area (Å²) < 4.78 is 74.3. The van der Waals surface area contributed by atoms with Crippen LogP contribution in [0.3, 0.4) is 0 Å². The van der Waals surface area contributed by atoms with Crippen molar-refractivity contribution in [3.8, 4) is 5.75 Å². The second-order valence-electron chi connectivity index (χ2n) is 6.79. The summed E-state index contributed by atoms with van der Waals surface area (Å²) in [6.07, 6.45) is 0. The molecule has 166 valence electrons. The summed E-state index contributed by atoms with van der Waals surface area (Å²) in [5, 5.41) is 0. The number of ether oxygens (including phenoxy) is 1. The maximum atomic E-state index is 13.5. The molecule has 0 atom stereocenters. The van der Waals surface area contributed by atoms with Crippen molar-refractivity contribution >= 4 is 20.4 Å². The molecule has 0 fully saturated rings. The van der Waals surface area contributed by atoms with Gasteiger partial charge in [0.1, 0.15) is 5.75 Å². The van der Waals surface area contributed by atoms with Crippen molar-refractivity contribution in [2.45, 2.75) is 34.0 Å². The van der Waals surface area contributed by atoms with Gasteiger partial charge in [-0.25, -0.2) is 0 Å². The summed E-state index contributed by atoms with van der Waals surface area (Å²) in [6.45, 7) is 3.52. The van der Waals surface area contributed by atoms with Crippen LogP contribution in [-0.2, 0) is 10.1 Å². The van der Waals surface area contributed by atoms with Crippen LogP contribution in [0.2, 0.25) is 0 Å². The van der Waals surface area contributed by atoms with Gasteiger partial charge in [0.2, 0.25) is 0 Å². The van der Waals surface area contributed by atoms with Gasteiger partial charge in [0.25, 0.3) is 0 Å². The van der Waals surface area contributed by atoms with Gasteiger partial charge in [-0.05, 0) is 61.4 Å². The molecular formula is C22H22F3O4S2+. The lowest BCUT2D eigenvalue weighted by Gasteiger charge is -2.35. The minimum atomic E-state index is -5.81. The Morgan fingerprint density at radius 2 is 1.19 bits per heavy atom. The van der Waals surface area contributed by atoms with Gasteiger partial charge >= 0.3 is 15.6 Å². The van der Waals surface area contributed by atoms with Gasteiger partial charge in [-0.2, -0.15) is 13.2 Å². The zero-order valence-corrected chi connectivity index (χ0v) is 18.7. The van der Waals surface area contributed by atoms with Gasteiger partial charge in [0.05, 0.1) is 32.1 Å². The van der Waals surface area contributed by atoms with Gasteiger partial charge in [0, 0.05) is 0 Å². The molecule has 0 unspecified atom stereocenters. The first-order valence-corrected chi connectivity index (χ1v) is 12.2. The van der Waals surface area contributed by atoms with Gasteiger partial charge < -0.3 is 4.74 Å². The van der Waals surface area contributed by atoms with Crippen LogP contribution in [-0.4, -0.2) is 24.7 Å². The van der Waals surface area contributed by atoms with Crippen molar-refractivity contribution in [3.63, 3.8) is 0 Å². The van der Waals surface area contributed by atoms with E-state index in [4.69, 9.17) is 4.74 Å². The van der Waals surface area contributed by atoms with Crippen molar-refractivity contribution in [3.05, 3.63) is 83.9 Å². The Labute approximate surface area is 181 Å². The van der Waals surface area contributed by atoms with E-state index in [1.807, 2.05) is 0 Å². The average molecular weight is 472 g/mol. The monoisotopic (exact) mass is 471 g/mol. The van der Waals surface area contributed by atoms with Crippen molar-refractivity contribution in [1.29, 1.82) is 0 Å². The van der Waals surface area contributed by atoms with E-state index in [0.717, 1.165) is 0 Å². The highest BCUT2D eigenvalue weighted by atomic mass is 32.3. The van der Waals surface area contributed by atoms with E-state index in [1.54, 1.807) is 86.6 Å². The van der Waals surface area contributed by atoms with Gasteiger partial charge in [0.15, 0.2) is 0 Å². The molecule has 0 amide bonds. The topological polar surface area (TPSA) is 56.2 Å². The molecule has 9 heteroatoms. The first kappa shape index (κ1) is 23.2. The van der Waals surface area contributed by atoms with E-state index in [1.165, 1.54) is 7.11 Å². The third-order valence-electron chi connectivity index (χ3n) is 4.65. The van der Waals surface area contributed by atoms with Crippen LogP contribution in [0.15, 0.2) is 87.5 Å². The third kappa shape index (κ3) is 4.30. The molecule has 3 aromatic carbocycles. The van der Waals surface area contributed by atoms with Gasteiger partial charge in [-0.1, -0.05) is 36.4 Å². The van der Waals surface area contributed by atoms with Crippen molar-refractivity contribution < 1.29 is 30.0 Å². The second-order valence-corrected chi connectivity index (χ2v) is 11.4. The van der Waals surface area contributed by atoms with E-state index < -0.39 is 25.9 Å². The van der Waals surface area contributed by atoms with Gasteiger partial charge in [-0.3, -0.25) is 3.63 Å². The van der Waals surface area contributed by atoms with E-state index in [0.29, 0.717) is 31.6 Å². The zero-order chi connectivity index (χ0) is 22.9. The first-order valence-electron chi connectivity index (χ1n) is 9.17. The van der Waals surface area contributed by atoms with Crippen LogP contribution in [0.1, 0.15) is 11.1 Å². The smallest absolute Gasteiger partial charge is 0.496 e. The number of benzene rings is 3. The van der Waals surface area contributed by atoms with E-state index in [9.17, 15) is 21.6 Å². The summed E-state index contributed by atoms with van der Waals surface area (Å²) in [7, 11) is -7.49. The van der Waals surface area contributed by atoms with Crippen LogP contribution in [0, 0.1) is 13.8 Å². The molecule has 0 aliphatic heterocycles. The highest BCUT2D eigenvalue weighted by molar-refractivity contribution is 8.32. The molecule has 1 N–H and O–H groups in total. The van der Waals surface area contributed by atoms with Crippen LogP contribution in [0.5, 0.6) is 5.75 Å². The van der Waals surface area contributed by atoms with Crippen LogP contribution in [0.4, 0.5) is 13.2 Å². The average Bonchev–Trinajstić information content (AvgIpc) is 2.72. The lowest BCUT2D eigenvalue weighted by atomic mass is 10.1. The maximum absolute atomic E-state index is 13.5. The SMILES string of the molecule is COc1c(C)cc(S([OH+]S(=O)(=O)C(F)(F)F)(c2ccccc2)c2ccccc2)cc1C. The van der Waals surface area contributed by atoms with Crippen molar-refractivity contribution in [2.24, 2.45) is 0 Å². The van der Waals surface area contributed by atoms with E-state index in [2.05, 4.69) is 3.63 Å². The Morgan fingerprint density at radius 3 is 1.55 bits per heavy atom. The molecule has 3 aromatic rings. The number of aryl methyl sites for hydroxylation is 2. The number of methoxy groups -OCH3 is 1. The highest BCUT2D eigenvalue weighted by Crippen LogP contribution is 2.69. The summed E-state index contributed by atoms with van der Waals surface area (Å²) in [6, 6.07) is 19.7. The molecule has 0 bridgehead atoms. The fourth-order valence-corrected chi connectivity index (χ4v) is 8.53. The highest BCUT2D eigenvalue weighted by Gasteiger charge is 2.57. The Bertz CT molecular complexity index is 1100. The Morgan fingerprint density at radius 1 is 0.774 bits per heavy atom. The number of alkyl halides is 3. The first-order chi connectivity index (χ1) is 14.5. The fourth-order valence-electron chi connectivity index (χ4n) is 3.36. The summed E-state index contributed by atoms with van der Waals surface area (Å²) >= 11 is 0. The molecule has 0 aliphatic rings. The number of hydrogen-bond acceptors (Lipinski definition) is 3. The molecule has 0 aromatic heterocycles.